The van der Waals surface area contributed by atoms with Gasteiger partial charge in [-0.3, -0.25) is 0 Å². The zero-order valence-electron chi connectivity index (χ0n) is 19.7. The van der Waals surface area contributed by atoms with Crippen molar-refractivity contribution in [1.82, 2.24) is 0 Å². The highest BCUT2D eigenvalue weighted by molar-refractivity contribution is 4.65. The molecule has 0 N–H and O–H groups in total. The Morgan fingerprint density at radius 3 is 1.07 bits per heavy atom. The first-order chi connectivity index (χ1) is 13.9. The van der Waals surface area contributed by atoms with E-state index >= 15 is 0 Å². The minimum atomic E-state index is 1.10. The van der Waals surface area contributed by atoms with E-state index in [4.69, 9.17) is 0 Å². The lowest BCUT2D eigenvalue weighted by molar-refractivity contribution is 0.328. The second-order valence-electron chi connectivity index (χ2n) is 9.86. The Morgan fingerprint density at radius 1 is 0.393 bits per heavy atom. The van der Waals surface area contributed by atoms with Crippen LogP contribution in [0, 0.1) is 12.8 Å². The maximum atomic E-state index is 3.92. The molecule has 1 fully saturated rings. The summed E-state index contributed by atoms with van der Waals surface area (Å²) < 4.78 is 0. The van der Waals surface area contributed by atoms with Gasteiger partial charge in [-0.25, -0.2) is 0 Å². The quantitative estimate of drug-likeness (QED) is 0.171. The van der Waals surface area contributed by atoms with E-state index in [-0.39, 0.29) is 0 Å². The van der Waals surface area contributed by atoms with Crippen molar-refractivity contribution in [3.63, 3.8) is 0 Å². The van der Waals surface area contributed by atoms with Crippen molar-refractivity contribution in [1.29, 1.82) is 0 Å². The number of hydrogen-bond acceptors (Lipinski definition) is 0. The molecule has 0 aromatic heterocycles. The summed E-state index contributed by atoms with van der Waals surface area (Å²) in [4.78, 5) is 0. The molecule has 0 bridgehead atoms. The van der Waals surface area contributed by atoms with Crippen molar-refractivity contribution in [2.24, 2.45) is 5.92 Å². The summed E-state index contributed by atoms with van der Waals surface area (Å²) >= 11 is 0. The molecule has 167 valence electrons. The molecule has 0 nitrogen and oxygen atoms in total. The molecule has 0 heterocycles. The molecule has 1 radical (unpaired) electrons. The smallest absolute Gasteiger partial charge is 0.0414 e. The van der Waals surface area contributed by atoms with Crippen LogP contribution in [0.5, 0.6) is 0 Å². The summed E-state index contributed by atoms with van der Waals surface area (Å²) in [6.45, 7) is 3.92. The van der Waals surface area contributed by atoms with E-state index in [0.717, 1.165) is 12.3 Å². The van der Waals surface area contributed by atoms with Crippen molar-refractivity contribution >= 4 is 0 Å². The van der Waals surface area contributed by atoms with Crippen LogP contribution in [0.2, 0.25) is 0 Å². The number of rotatable bonds is 21. The largest absolute Gasteiger partial charge is 0.0533 e. The topological polar surface area (TPSA) is 0 Å². The molecular weight excluding hydrogens is 336 g/mol. The summed E-state index contributed by atoms with van der Waals surface area (Å²) in [7, 11) is 0. The molecule has 0 aliphatic heterocycles. The lowest BCUT2D eigenvalue weighted by Crippen LogP contribution is -2.05. The molecule has 0 heteroatoms. The highest BCUT2D eigenvalue weighted by Gasteiger charge is 2.12. The highest BCUT2D eigenvalue weighted by Crippen LogP contribution is 2.28. The summed E-state index contributed by atoms with van der Waals surface area (Å²) in [6.07, 6.45) is 38.3. The van der Waals surface area contributed by atoms with E-state index < -0.39 is 0 Å². The lowest BCUT2D eigenvalue weighted by Gasteiger charge is -2.21. The molecule has 1 aliphatic rings. The Morgan fingerprint density at radius 2 is 0.714 bits per heavy atom. The fraction of sp³-hybridized carbons (Fsp3) is 0.964. The van der Waals surface area contributed by atoms with Gasteiger partial charge >= 0.3 is 0 Å². The standard InChI is InChI=1S/C28H55/c1-2-3-4-5-6-7-8-9-10-11-12-13-14-15-16-17-18-19-20-22-25-28-26-23-21-24-27-28/h28H,1-27H2. The van der Waals surface area contributed by atoms with Gasteiger partial charge < -0.3 is 0 Å². The van der Waals surface area contributed by atoms with Crippen LogP contribution in [-0.4, -0.2) is 0 Å². The van der Waals surface area contributed by atoms with Gasteiger partial charge in [0.05, 0.1) is 0 Å². The van der Waals surface area contributed by atoms with Crippen LogP contribution >= 0.6 is 0 Å². The highest BCUT2D eigenvalue weighted by atomic mass is 14.2. The zero-order valence-corrected chi connectivity index (χ0v) is 19.7. The maximum Gasteiger partial charge on any atom is -0.0414 e. The van der Waals surface area contributed by atoms with E-state index in [0.29, 0.717) is 0 Å². The molecular formula is C28H55. The van der Waals surface area contributed by atoms with Gasteiger partial charge in [0.2, 0.25) is 0 Å². The van der Waals surface area contributed by atoms with Crippen LogP contribution in [0.4, 0.5) is 0 Å². The van der Waals surface area contributed by atoms with Crippen LogP contribution in [0.25, 0.3) is 0 Å². The van der Waals surface area contributed by atoms with E-state index in [2.05, 4.69) is 6.92 Å². The Balaban J connectivity index is 1.64. The Bertz CT molecular complexity index is 276. The molecule has 0 saturated heterocycles. The van der Waals surface area contributed by atoms with E-state index in [1.54, 1.807) is 0 Å². The molecule has 0 amide bonds. The Kier molecular flexibility index (Phi) is 20.2. The molecule has 0 aromatic rings. The molecule has 28 heavy (non-hydrogen) atoms. The third kappa shape index (κ3) is 18.1. The molecule has 0 aromatic carbocycles. The van der Waals surface area contributed by atoms with E-state index in [1.807, 2.05) is 0 Å². The van der Waals surface area contributed by atoms with Gasteiger partial charge in [0.25, 0.3) is 0 Å². The minimum Gasteiger partial charge on any atom is -0.0533 e. The first-order valence-electron chi connectivity index (χ1n) is 13.7. The van der Waals surface area contributed by atoms with Gasteiger partial charge in [0.15, 0.2) is 0 Å². The van der Waals surface area contributed by atoms with Crippen LogP contribution in [0.15, 0.2) is 0 Å². The fourth-order valence-corrected chi connectivity index (χ4v) is 5.09. The van der Waals surface area contributed by atoms with E-state index in [1.165, 1.54) is 161 Å². The molecule has 1 rings (SSSR count). The van der Waals surface area contributed by atoms with Crippen molar-refractivity contribution in [2.75, 3.05) is 0 Å². The van der Waals surface area contributed by atoms with Gasteiger partial charge in [-0.05, 0) is 5.92 Å². The summed E-state index contributed by atoms with van der Waals surface area (Å²) in [6, 6.07) is 0. The third-order valence-corrected chi connectivity index (χ3v) is 7.09. The Hall–Kier alpha value is 0. The van der Waals surface area contributed by atoms with Crippen molar-refractivity contribution < 1.29 is 0 Å². The molecule has 1 aliphatic carbocycles. The second kappa shape index (κ2) is 21.7. The SMILES string of the molecule is [CH2]CCCCCCCCCCCCCCCCCCCCCC1CCCCC1. The van der Waals surface area contributed by atoms with Crippen molar-refractivity contribution in [3.8, 4) is 0 Å². The third-order valence-electron chi connectivity index (χ3n) is 7.09. The molecule has 0 atom stereocenters. The van der Waals surface area contributed by atoms with Crippen molar-refractivity contribution in [2.45, 2.75) is 167 Å². The maximum absolute atomic E-state index is 3.92. The van der Waals surface area contributed by atoms with Gasteiger partial charge in [0.1, 0.15) is 0 Å². The van der Waals surface area contributed by atoms with Gasteiger partial charge in [-0.2, -0.15) is 0 Å². The summed E-state index contributed by atoms with van der Waals surface area (Å²) in [5, 5.41) is 0. The first-order valence-corrected chi connectivity index (χ1v) is 13.7. The summed E-state index contributed by atoms with van der Waals surface area (Å²) in [5.74, 6) is 1.10. The van der Waals surface area contributed by atoms with Gasteiger partial charge in [-0.1, -0.05) is 174 Å². The predicted molar refractivity (Wildman–Crippen MR) is 129 cm³/mol. The van der Waals surface area contributed by atoms with Crippen LogP contribution in [0.3, 0.4) is 0 Å². The predicted octanol–water partition coefficient (Wildman–Crippen LogP) is 10.6. The van der Waals surface area contributed by atoms with E-state index in [9.17, 15) is 0 Å². The number of unbranched alkanes of at least 4 members (excludes halogenated alkanes) is 19. The van der Waals surface area contributed by atoms with Crippen LogP contribution in [-0.2, 0) is 0 Å². The molecule has 0 spiro atoms. The summed E-state index contributed by atoms with van der Waals surface area (Å²) in [5.41, 5.74) is 0. The number of hydrogen-bond donors (Lipinski definition) is 0. The van der Waals surface area contributed by atoms with Gasteiger partial charge in [-0.15, -0.1) is 0 Å². The zero-order chi connectivity index (χ0) is 20.0. The minimum absolute atomic E-state index is 1.10. The lowest BCUT2D eigenvalue weighted by atomic mass is 9.85. The fourth-order valence-electron chi connectivity index (χ4n) is 5.09. The average Bonchev–Trinajstić information content (AvgIpc) is 2.73. The average molecular weight is 392 g/mol. The van der Waals surface area contributed by atoms with Crippen molar-refractivity contribution in [3.05, 3.63) is 6.92 Å². The normalized spacial score (nSPS) is 15.3. The van der Waals surface area contributed by atoms with Crippen LogP contribution in [0.1, 0.15) is 167 Å². The van der Waals surface area contributed by atoms with Crippen LogP contribution < -0.4 is 0 Å². The first kappa shape index (κ1) is 26.0. The Labute approximate surface area is 180 Å². The van der Waals surface area contributed by atoms with Gasteiger partial charge in [0, 0.05) is 0 Å². The second-order valence-corrected chi connectivity index (χ2v) is 9.86. The molecule has 1 saturated carbocycles. The monoisotopic (exact) mass is 391 g/mol. The molecule has 0 unspecified atom stereocenters.